The van der Waals surface area contributed by atoms with Gasteiger partial charge in [0.05, 0.1) is 18.8 Å². The summed E-state index contributed by atoms with van der Waals surface area (Å²) in [6.45, 7) is 11.9. The van der Waals surface area contributed by atoms with Crippen LogP contribution in [0, 0.1) is 0 Å². The fourth-order valence-electron chi connectivity index (χ4n) is 8.05. The Labute approximate surface area is 327 Å². The van der Waals surface area contributed by atoms with Crippen LogP contribution in [0.25, 0.3) is 22.2 Å². The van der Waals surface area contributed by atoms with Crippen LogP contribution >= 0.6 is 23.2 Å². The SMILES string of the molecule is C=CN(/C(=C(\C)c1ccccc1)c1c(C(=O)Nc2c(OC)ncnc2N2CCN(C3CCCCC3)CC2)[nH]c2cc(Cl)ccc12)C(C)c1ccc(Cl)cc1. The average molecular weight is 765 g/mol. The zero-order valence-electron chi connectivity index (χ0n) is 31.1. The van der Waals surface area contributed by atoms with Gasteiger partial charge < -0.3 is 24.8 Å². The predicted octanol–water partition coefficient (Wildman–Crippen LogP) is 10.1. The summed E-state index contributed by atoms with van der Waals surface area (Å²) >= 11 is 12.9. The Morgan fingerprint density at radius 1 is 0.981 bits per heavy atom. The van der Waals surface area contributed by atoms with Crippen LogP contribution in [-0.2, 0) is 0 Å². The molecule has 2 N–H and O–H groups in total. The molecule has 9 nitrogen and oxygen atoms in total. The lowest BCUT2D eigenvalue weighted by Gasteiger charge is -2.41. The molecule has 2 aliphatic rings. The number of hydrogen-bond acceptors (Lipinski definition) is 7. The highest BCUT2D eigenvalue weighted by Crippen LogP contribution is 2.42. The maximum atomic E-state index is 14.9. The third kappa shape index (κ3) is 7.71. The van der Waals surface area contributed by atoms with Crippen LogP contribution in [-0.4, -0.2) is 70.0 Å². The van der Waals surface area contributed by atoms with Crippen molar-refractivity contribution in [2.45, 2.75) is 58.0 Å². The smallest absolute Gasteiger partial charge is 0.273 e. The van der Waals surface area contributed by atoms with Crippen molar-refractivity contribution in [2.24, 2.45) is 0 Å². The van der Waals surface area contributed by atoms with Crippen LogP contribution in [0.15, 0.2) is 91.9 Å². The second-order valence-corrected chi connectivity index (χ2v) is 14.9. The maximum absolute atomic E-state index is 14.9. The summed E-state index contributed by atoms with van der Waals surface area (Å²) in [5.74, 6) is 0.567. The van der Waals surface area contributed by atoms with Crippen molar-refractivity contribution >= 4 is 62.8 Å². The monoisotopic (exact) mass is 763 g/mol. The normalized spacial score (nSPS) is 16.5. The third-order valence-corrected chi connectivity index (χ3v) is 11.4. The molecule has 1 atom stereocenters. The molecule has 7 rings (SSSR count). The number of ether oxygens (including phenoxy) is 1. The van der Waals surface area contributed by atoms with Gasteiger partial charge in [-0.3, -0.25) is 9.69 Å². The largest absolute Gasteiger partial charge is 0.479 e. The highest BCUT2D eigenvalue weighted by molar-refractivity contribution is 6.31. The van der Waals surface area contributed by atoms with Crippen LogP contribution in [0.1, 0.15) is 79.2 Å². The first-order chi connectivity index (χ1) is 26.3. The molecule has 1 aliphatic heterocycles. The third-order valence-electron chi connectivity index (χ3n) is 10.9. The van der Waals surface area contributed by atoms with Crippen molar-refractivity contribution in [3.05, 3.63) is 124 Å². The van der Waals surface area contributed by atoms with Crippen LogP contribution in [0.2, 0.25) is 10.0 Å². The van der Waals surface area contributed by atoms with Crippen molar-refractivity contribution in [2.75, 3.05) is 43.5 Å². The van der Waals surface area contributed by atoms with Crippen LogP contribution in [0.4, 0.5) is 11.5 Å². The Kier molecular flexibility index (Phi) is 11.6. The summed E-state index contributed by atoms with van der Waals surface area (Å²) in [7, 11) is 1.56. The summed E-state index contributed by atoms with van der Waals surface area (Å²) in [4.78, 5) is 34.4. The molecule has 5 aromatic rings. The van der Waals surface area contributed by atoms with Crippen LogP contribution < -0.4 is 15.0 Å². The molecule has 0 bridgehead atoms. The van der Waals surface area contributed by atoms with E-state index in [1.165, 1.54) is 38.4 Å². The lowest BCUT2D eigenvalue weighted by molar-refractivity contribution is 0.102. The van der Waals surface area contributed by atoms with Crippen LogP contribution in [0.5, 0.6) is 5.88 Å². The number of aromatic amines is 1. The van der Waals surface area contributed by atoms with E-state index in [1.54, 1.807) is 7.11 Å². The molecule has 1 unspecified atom stereocenters. The van der Waals surface area contributed by atoms with Crippen LogP contribution in [0.3, 0.4) is 0 Å². The topological polar surface area (TPSA) is 89.6 Å². The number of methoxy groups -OCH3 is 1. The minimum atomic E-state index is -0.367. The minimum absolute atomic E-state index is 0.178. The fraction of sp³-hybridized carbons (Fsp3) is 0.326. The molecule has 280 valence electrons. The van der Waals surface area contributed by atoms with Crippen molar-refractivity contribution < 1.29 is 9.53 Å². The van der Waals surface area contributed by atoms with E-state index in [1.807, 2.05) is 66.9 Å². The van der Waals surface area contributed by atoms with E-state index in [-0.39, 0.29) is 11.9 Å². The van der Waals surface area contributed by atoms with Gasteiger partial charge in [0.15, 0.2) is 5.82 Å². The van der Waals surface area contributed by atoms with Gasteiger partial charge in [-0.05, 0) is 73.9 Å². The zero-order chi connectivity index (χ0) is 37.8. The molecule has 0 spiro atoms. The van der Waals surface area contributed by atoms with E-state index < -0.39 is 0 Å². The highest BCUT2D eigenvalue weighted by Gasteiger charge is 2.32. The lowest BCUT2D eigenvalue weighted by atomic mass is 9.94. The van der Waals surface area contributed by atoms with Gasteiger partial charge in [-0.2, -0.15) is 4.98 Å². The van der Waals surface area contributed by atoms with Gasteiger partial charge in [-0.15, -0.1) is 0 Å². The summed E-state index contributed by atoms with van der Waals surface area (Å²) in [6.07, 6.45) is 9.79. The van der Waals surface area contributed by atoms with Crippen molar-refractivity contribution in [1.29, 1.82) is 0 Å². The molecular weight excluding hydrogens is 717 g/mol. The number of H-pyrrole nitrogens is 1. The Hall–Kier alpha value is -4.83. The number of nitrogens with zero attached hydrogens (tertiary/aromatic N) is 5. The van der Waals surface area contributed by atoms with E-state index in [9.17, 15) is 4.79 Å². The van der Waals surface area contributed by atoms with E-state index in [4.69, 9.17) is 32.9 Å². The number of benzene rings is 3. The van der Waals surface area contributed by atoms with Gasteiger partial charge in [-0.25, -0.2) is 4.98 Å². The van der Waals surface area contributed by atoms with Gasteiger partial charge in [0.25, 0.3) is 5.91 Å². The Morgan fingerprint density at radius 2 is 1.69 bits per heavy atom. The Balaban J connectivity index is 1.32. The molecule has 3 heterocycles. The summed E-state index contributed by atoms with van der Waals surface area (Å²) < 4.78 is 5.75. The number of aromatic nitrogens is 3. The first-order valence-electron chi connectivity index (χ1n) is 18.7. The summed E-state index contributed by atoms with van der Waals surface area (Å²) in [5, 5.41) is 5.24. The number of allylic oxidation sites excluding steroid dienone is 1. The number of amides is 1. The number of halogens is 2. The van der Waals surface area contributed by atoms with E-state index in [0.717, 1.165) is 59.5 Å². The predicted molar refractivity (Wildman–Crippen MR) is 221 cm³/mol. The number of piperazine rings is 1. The van der Waals surface area contributed by atoms with Gasteiger partial charge in [0.2, 0.25) is 5.88 Å². The number of carbonyl (C=O) groups excluding carboxylic acids is 1. The molecular formula is C43H47Cl2N7O2. The Bertz CT molecular complexity index is 2140. The standard InChI is InChI=1S/C43H47Cl2N7O2/c1-5-52(29(3)31-16-18-32(44)19-17-31)40(28(2)30-12-8-6-9-13-30)37-35-21-20-33(45)26-36(35)48-38(37)42(53)49-39-41(46-27-47-43(39)54-4)51-24-22-50(23-25-51)34-14-10-7-11-15-34/h5-6,8-9,12-13,16-21,26-27,29,34,48H,1,7,10-11,14-15,22-25H2,2-4H3,(H,49,53)/b40-28+. The molecule has 1 amide bonds. The van der Waals surface area contributed by atoms with Crippen molar-refractivity contribution in [1.82, 2.24) is 24.8 Å². The zero-order valence-corrected chi connectivity index (χ0v) is 32.6. The van der Waals surface area contributed by atoms with E-state index in [2.05, 4.69) is 62.5 Å². The molecule has 3 aromatic carbocycles. The molecule has 54 heavy (non-hydrogen) atoms. The molecule has 11 heteroatoms. The molecule has 0 radical (unpaired) electrons. The molecule has 2 fully saturated rings. The average Bonchev–Trinajstić information content (AvgIpc) is 3.58. The molecule has 2 aromatic heterocycles. The lowest BCUT2D eigenvalue weighted by Crippen LogP contribution is -2.51. The van der Waals surface area contributed by atoms with E-state index >= 15 is 0 Å². The number of fused-ring (bicyclic) bond motifs is 1. The van der Waals surface area contributed by atoms with Gasteiger partial charge in [0, 0.05) is 58.7 Å². The Morgan fingerprint density at radius 3 is 2.37 bits per heavy atom. The number of anilines is 2. The molecule has 1 saturated heterocycles. The molecule has 1 aliphatic carbocycles. The number of rotatable bonds is 11. The van der Waals surface area contributed by atoms with Gasteiger partial charge in [0.1, 0.15) is 17.7 Å². The van der Waals surface area contributed by atoms with Crippen molar-refractivity contribution in [3.63, 3.8) is 0 Å². The number of nitrogens with one attached hydrogen (secondary N) is 2. The van der Waals surface area contributed by atoms with Gasteiger partial charge in [-0.1, -0.05) is 97.6 Å². The number of carbonyl (C=O) groups is 1. The minimum Gasteiger partial charge on any atom is -0.479 e. The second-order valence-electron chi connectivity index (χ2n) is 14.1. The quantitative estimate of drug-likeness (QED) is 0.138. The van der Waals surface area contributed by atoms with Crippen molar-refractivity contribution in [3.8, 4) is 5.88 Å². The highest BCUT2D eigenvalue weighted by atomic mass is 35.5. The van der Waals surface area contributed by atoms with Gasteiger partial charge >= 0.3 is 0 Å². The number of hydrogen-bond donors (Lipinski definition) is 2. The fourth-order valence-corrected chi connectivity index (χ4v) is 8.35. The second kappa shape index (κ2) is 16.7. The molecule has 1 saturated carbocycles. The maximum Gasteiger partial charge on any atom is 0.273 e. The first kappa shape index (κ1) is 37.5. The summed E-state index contributed by atoms with van der Waals surface area (Å²) in [5.41, 5.74) is 6.02. The van der Waals surface area contributed by atoms with E-state index in [0.29, 0.717) is 44.7 Å². The first-order valence-corrected chi connectivity index (χ1v) is 19.5. The summed E-state index contributed by atoms with van der Waals surface area (Å²) in [6, 6.07) is 24.1.